The van der Waals surface area contributed by atoms with Crippen molar-refractivity contribution in [1.82, 2.24) is 15.6 Å². The fraction of sp³-hybridized carbons (Fsp3) is 0.185. The molecule has 7 heteroatoms. The molecule has 1 unspecified atom stereocenters. The first-order chi connectivity index (χ1) is 16.5. The van der Waals surface area contributed by atoms with E-state index in [1.54, 1.807) is 0 Å². The van der Waals surface area contributed by atoms with E-state index in [9.17, 15) is 18.4 Å². The molecule has 0 radical (unpaired) electrons. The summed E-state index contributed by atoms with van der Waals surface area (Å²) in [5, 5.41) is 6.68. The summed E-state index contributed by atoms with van der Waals surface area (Å²) in [6, 6.07) is 20.8. The normalized spacial score (nSPS) is 11.8. The van der Waals surface area contributed by atoms with E-state index in [-0.39, 0.29) is 30.4 Å². The topological polar surface area (TPSA) is 74.0 Å². The molecule has 3 aromatic carbocycles. The number of aromatic nitrogens is 1. The lowest BCUT2D eigenvalue weighted by Gasteiger charge is -2.18. The van der Waals surface area contributed by atoms with Gasteiger partial charge in [-0.05, 0) is 35.7 Å². The van der Waals surface area contributed by atoms with Gasteiger partial charge in [0.05, 0.1) is 5.56 Å². The van der Waals surface area contributed by atoms with E-state index >= 15 is 0 Å². The van der Waals surface area contributed by atoms with Crippen molar-refractivity contribution in [2.75, 3.05) is 13.1 Å². The molecule has 0 aliphatic rings. The Morgan fingerprint density at radius 3 is 2.47 bits per heavy atom. The summed E-state index contributed by atoms with van der Waals surface area (Å²) in [7, 11) is 0. The Hall–Kier alpha value is -4.00. The molecule has 0 saturated carbocycles. The SMILES string of the molecule is O=C(CCCNC(=O)c1ccc(F)cc1F)NCC(c1ccccc1)c1c[nH]c2ccccc12. The number of halogens is 2. The van der Waals surface area contributed by atoms with Gasteiger partial charge in [0.25, 0.3) is 5.91 Å². The Morgan fingerprint density at radius 2 is 1.68 bits per heavy atom. The smallest absolute Gasteiger partial charge is 0.254 e. The molecule has 174 valence electrons. The summed E-state index contributed by atoms with van der Waals surface area (Å²) in [5.41, 5.74) is 3.02. The highest BCUT2D eigenvalue weighted by Crippen LogP contribution is 2.30. The summed E-state index contributed by atoms with van der Waals surface area (Å²) in [4.78, 5) is 27.8. The van der Waals surface area contributed by atoms with Crippen LogP contribution in [0.5, 0.6) is 0 Å². The number of fused-ring (bicyclic) bond motifs is 1. The van der Waals surface area contributed by atoms with E-state index in [0.29, 0.717) is 19.0 Å². The minimum absolute atomic E-state index is 0.0255. The van der Waals surface area contributed by atoms with E-state index in [2.05, 4.69) is 21.7 Å². The summed E-state index contributed by atoms with van der Waals surface area (Å²) < 4.78 is 26.7. The molecule has 0 fully saturated rings. The van der Waals surface area contributed by atoms with Crippen LogP contribution in [0.3, 0.4) is 0 Å². The van der Waals surface area contributed by atoms with Crippen LogP contribution in [0.15, 0.2) is 79.0 Å². The Labute approximate surface area is 196 Å². The second kappa shape index (κ2) is 10.7. The number of para-hydroxylation sites is 1. The number of nitrogens with one attached hydrogen (secondary N) is 3. The summed E-state index contributed by atoms with van der Waals surface area (Å²) >= 11 is 0. The monoisotopic (exact) mass is 461 g/mol. The van der Waals surface area contributed by atoms with Crippen molar-refractivity contribution in [3.63, 3.8) is 0 Å². The Balaban J connectivity index is 1.32. The van der Waals surface area contributed by atoms with Gasteiger partial charge in [-0.2, -0.15) is 0 Å². The summed E-state index contributed by atoms with van der Waals surface area (Å²) in [5.74, 6) is -2.46. The van der Waals surface area contributed by atoms with Crippen LogP contribution in [0, 0.1) is 11.6 Å². The van der Waals surface area contributed by atoms with Gasteiger partial charge in [-0.25, -0.2) is 8.78 Å². The third-order valence-electron chi connectivity index (χ3n) is 5.74. The van der Waals surface area contributed by atoms with Crippen molar-refractivity contribution in [2.24, 2.45) is 0 Å². The second-order valence-corrected chi connectivity index (χ2v) is 8.04. The van der Waals surface area contributed by atoms with Crippen molar-refractivity contribution in [3.05, 3.63) is 107 Å². The molecule has 0 aliphatic heterocycles. The average molecular weight is 462 g/mol. The first-order valence-corrected chi connectivity index (χ1v) is 11.1. The van der Waals surface area contributed by atoms with Gasteiger partial charge >= 0.3 is 0 Å². The van der Waals surface area contributed by atoms with Crippen LogP contribution in [0.25, 0.3) is 10.9 Å². The van der Waals surface area contributed by atoms with Crippen LogP contribution in [0.4, 0.5) is 8.78 Å². The molecule has 4 aromatic rings. The second-order valence-electron chi connectivity index (χ2n) is 8.04. The number of carbonyl (C=O) groups is 2. The van der Waals surface area contributed by atoms with Crippen molar-refractivity contribution < 1.29 is 18.4 Å². The molecule has 1 heterocycles. The number of carbonyl (C=O) groups excluding carboxylic acids is 2. The molecule has 0 spiro atoms. The molecule has 0 aliphatic carbocycles. The van der Waals surface area contributed by atoms with Crippen LogP contribution in [0.1, 0.15) is 40.2 Å². The summed E-state index contributed by atoms with van der Waals surface area (Å²) in [6.07, 6.45) is 2.59. The van der Waals surface area contributed by atoms with Crippen molar-refractivity contribution in [2.45, 2.75) is 18.8 Å². The molecule has 1 aromatic heterocycles. The fourth-order valence-electron chi connectivity index (χ4n) is 4.00. The van der Waals surface area contributed by atoms with Crippen LogP contribution in [-0.4, -0.2) is 29.9 Å². The van der Waals surface area contributed by atoms with Crippen LogP contribution in [0.2, 0.25) is 0 Å². The van der Waals surface area contributed by atoms with Crippen LogP contribution < -0.4 is 10.6 Å². The van der Waals surface area contributed by atoms with Gasteiger partial charge in [0, 0.05) is 48.6 Å². The maximum Gasteiger partial charge on any atom is 0.254 e. The van der Waals surface area contributed by atoms with E-state index in [4.69, 9.17) is 0 Å². The predicted molar refractivity (Wildman–Crippen MR) is 128 cm³/mol. The lowest BCUT2D eigenvalue weighted by Crippen LogP contribution is -2.30. The Bertz CT molecular complexity index is 1290. The van der Waals surface area contributed by atoms with Gasteiger partial charge in [-0.15, -0.1) is 0 Å². The van der Waals surface area contributed by atoms with Crippen LogP contribution >= 0.6 is 0 Å². The van der Waals surface area contributed by atoms with Crippen molar-refractivity contribution in [1.29, 1.82) is 0 Å². The number of benzene rings is 3. The number of hydrogen-bond acceptors (Lipinski definition) is 2. The number of H-pyrrole nitrogens is 1. The molecule has 34 heavy (non-hydrogen) atoms. The van der Waals surface area contributed by atoms with Gasteiger partial charge in [0.2, 0.25) is 5.91 Å². The van der Waals surface area contributed by atoms with Gasteiger partial charge < -0.3 is 15.6 Å². The van der Waals surface area contributed by atoms with E-state index in [1.807, 2.05) is 54.7 Å². The molecule has 0 bridgehead atoms. The van der Waals surface area contributed by atoms with Gasteiger partial charge in [-0.3, -0.25) is 9.59 Å². The largest absolute Gasteiger partial charge is 0.361 e. The third kappa shape index (κ3) is 5.49. The zero-order chi connectivity index (χ0) is 23.9. The quantitative estimate of drug-likeness (QED) is 0.310. The maximum atomic E-state index is 13.7. The number of rotatable bonds is 9. The standard InChI is InChI=1S/C27H25F2N3O2/c28-19-12-13-21(24(29)15-19)27(34)30-14-6-11-26(33)32-16-22(18-7-2-1-3-8-18)23-17-31-25-10-5-4-9-20(23)25/h1-5,7-10,12-13,15,17,22,31H,6,11,14,16H2,(H,30,34)(H,32,33). The molecule has 5 nitrogen and oxygen atoms in total. The highest BCUT2D eigenvalue weighted by molar-refractivity contribution is 5.94. The van der Waals surface area contributed by atoms with E-state index in [0.717, 1.165) is 34.2 Å². The average Bonchev–Trinajstić information content (AvgIpc) is 3.26. The van der Waals surface area contributed by atoms with Gasteiger partial charge in [-0.1, -0.05) is 48.5 Å². The highest BCUT2D eigenvalue weighted by atomic mass is 19.1. The Kier molecular flexibility index (Phi) is 7.32. The molecule has 4 rings (SSSR count). The number of aromatic amines is 1. The number of hydrogen-bond donors (Lipinski definition) is 3. The molecule has 0 saturated heterocycles. The van der Waals surface area contributed by atoms with Crippen LogP contribution in [-0.2, 0) is 4.79 Å². The minimum atomic E-state index is -0.917. The molecular formula is C27H25F2N3O2. The van der Waals surface area contributed by atoms with Crippen molar-refractivity contribution >= 4 is 22.7 Å². The van der Waals surface area contributed by atoms with Gasteiger partial charge in [0.15, 0.2) is 0 Å². The lowest BCUT2D eigenvalue weighted by atomic mass is 9.91. The zero-order valence-electron chi connectivity index (χ0n) is 18.5. The molecule has 2 amide bonds. The molecular weight excluding hydrogens is 436 g/mol. The predicted octanol–water partition coefficient (Wildman–Crippen LogP) is 4.90. The Morgan fingerprint density at radius 1 is 0.912 bits per heavy atom. The third-order valence-corrected chi connectivity index (χ3v) is 5.74. The first kappa shape index (κ1) is 23.2. The minimum Gasteiger partial charge on any atom is -0.361 e. The van der Waals surface area contributed by atoms with E-state index in [1.165, 1.54) is 0 Å². The maximum absolute atomic E-state index is 13.7. The van der Waals surface area contributed by atoms with Crippen molar-refractivity contribution in [3.8, 4) is 0 Å². The zero-order valence-corrected chi connectivity index (χ0v) is 18.5. The lowest BCUT2D eigenvalue weighted by molar-refractivity contribution is -0.121. The number of amides is 2. The van der Waals surface area contributed by atoms with Gasteiger partial charge in [0.1, 0.15) is 11.6 Å². The molecule has 1 atom stereocenters. The first-order valence-electron chi connectivity index (χ1n) is 11.1. The fourth-order valence-corrected chi connectivity index (χ4v) is 4.00. The summed E-state index contributed by atoms with van der Waals surface area (Å²) in [6.45, 7) is 0.630. The molecule has 3 N–H and O–H groups in total. The van der Waals surface area contributed by atoms with E-state index < -0.39 is 17.5 Å². The highest BCUT2D eigenvalue weighted by Gasteiger charge is 2.19.